The standard InChI is InChI=1S/C15H23FN2O3/c1-19-8-9-20-10-11-21-15-3-2-13(16)12-14(15)18-6-4-17-5-7-18/h2-3,12,17H,4-11H2,1H3. The molecule has 1 N–H and O–H groups in total. The largest absolute Gasteiger partial charge is 0.489 e. The van der Waals surface area contributed by atoms with Crippen LogP contribution in [0.25, 0.3) is 0 Å². The fourth-order valence-electron chi connectivity index (χ4n) is 2.22. The van der Waals surface area contributed by atoms with E-state index in [0.717, 1.165) is 31.9 Å². The zero-order valence-electron chi connectivity index (χ0n) is 12.4. The molecule has 1 heterocycles. The minimum absolute atomic E-state index is 0.243. The highest BCUT2D eigenvalue weighted by atomic mass is 19.1. The monoisotopic (exact) mass is 298 g/mol. The van der Waals surface area contributed by atoms with Crippen LogP contribution in [0.3, 0.4) is 0 Å². The van der Waals surface area contributed by atoms with Crippen molar-refractivity contribution in [1.29, 1.82) is 0 Å². The molecule has 1 aromatic carbocycles. The molecule has 118 valence electrons. The van der Waals surface area contributed by atoms with Gasteiger partial charge < -0.3 is 24.4 Å². The molecule has 0 spiro atoms. The van der Waals surface area contributed by atoms with E-state index in [1.165, 1.54) is 12.1 Å². The van der Waals surface area contributed by atoms with E-state index in [1.54, 1.807) is 13.2 Å². The van der Waals surface area contributed by atoms with Crippen molar-refractivity contribution in [2.24, 2.45) is 0 Å². The van der Waals surface area contributed by atoms with Gasteiger partial charge in [-0.25, -0.2) is 4.39 Å². The van der Waals surface area contributed by atoms with E-state index in [9.17, 15) is 4.39 Å². The van der Waals surface area contributed by atoms with Gasteiger partial charge in [-0.15, -0.1) is 0 Å². The minimum atomic E-state index is -0.243. The van der Waals surface area contributed by atoms with Crippen LogP contribution in [0.4, 0.5) is 10.1 Å². The van der Waals surface area contributed by atoms with Gasteiger partial charge in [0.05, 0.1) is 25.5 Å². The Bertz CT molecular complexity index is 425. The number of piperazine rings is 1. The van der Waals surface area contributed by atoms with E-state index < -0.39 is 0 Å². The molecular weight excluding hydrogens is 275 g/mol. The third kappa shape index (κ3) is 5.15. The number of halogens is 1. The van der Waals surface area contributed by atoms with Crippen LogP contribution in [0.5, 0.6) is 5.75 Å². The summed E-state index contributed by atoms with van der Waals surface area (Å²) in [4.78, 5) is 2.14. The predicted molar refractivity (Wildman–Crippen MR) is 79.7 cm³/mol. The Kier molecular flexibility index (Phi) is 6.72. The van der Waals surface area contributed by atoms with Crippen molar-refractivity contribution in [2.75, 3.05) is 64.6 Å². The van der Waals surface area contributed by atoms with E-state index in [4.69, 9.17) is 14.2 Å². The maximum atomic E-state index is 13.5. The third-order valence-corrected chi connectivity index (χ3v) is 3.30. The molecule has 1 aromatic rings. The first-order valence-corrected chi connectivity index (χ1v) is 7.26. The SMILES string of the molecule is COCCOCCOc1ccc(F)cc1N1CCNCC1. The fourth-order valence-corrected chi connectivity index (χ4v) is 2.22. The van der Waals surface area contributed by atoms with E-state index in [-0.39, 0.29) is 5.82 Å². The van der Waals surface area contributed by atoms with Gasteiger partial charge in [-0.2, -0.15) is 0 Å². The summed E-state index contributed by atoms with van der Waals surface area (Å²) in [5, 5.41) is 3.28. The van der Waals surface area contributed by atoms with Crippen molar-refractivity contribution in [3.05, 3.63) is 24.0 Å². The number of nitrogens with zero attached hydrogens (tertiary/aromatic N) is 1. The van der Waals surface area contributed by atoms with Crippen molar-refractivity contribution in [2.45, 2.75) is 0 Å². The van der Waals surface area contributed by atoms with Crippen LogP contribution < -0.4 is 15.0 Å². The molecule has 0 aliphatic carbocycles. The second kappa shape index (κ2) is 8.81. The van der Waals surface area contributed by atoms with Gasteiger partial charge in [0.1, 0.15) is 18.2 Å². The molecule has 1 aliphatic rings. The summed E-state index contributed by atoms with van der Waals surface area (Å²) in [6.45, 7) is 5.55. The highest BCUT2D eigenvalue weighted by molar-refractivity contribution is 5.59. The molecule has 0 saturated carbocycles. The summed E-state index contributed by atoms with van der Waals surface area (Å²) >= 11 is 0. The first kappa shape index (κ1) is 16.0. The first-order chi connectivity index (χ1) is 10.3. The van der Waals surface area contributed by atoms with E-state index >= 15 is 0 Å². The number of hydrogen-bond donors (Lipinski definition) is 1. The van der Waals surface area contributed by atoms with Gasteiger partial charge in [0, 0.05) is 39.4 Å². The van der Waals surface area contributed by atoms with E-state index in [0.29, 0.717) is 32.2 Å². The summed E-state index contributed by atoms with van der Waals surface area (Å²) < 4.78 is 29.5. The lowest BCUT2D eigenvalue weighted by Crippen LogP contribution is -2.43. The molecule has 1 aliphatic heterocycles. The molecule has 1 saturated heterocycles. The summed E-state index contributed by atoms with van der Waals surface area (Å²) in [7, 11) is 1.64. The topological polar surface area (TPSA) is 43.0 Å². The average Bonchev–Trinajstić information content (AvgIpc) is 2.53. The summed E-state index contributed by atoms with van der Waals surface area (Å²) in [5.41, 5.74) is 0.813. The van der Waals surface area contributed by atoms with Gasteiger partial charge in [0.25, 0.3) is 0 Å². The summed E-state index contributed by atoms with van der Waals surface area (Å²) in [6, 6.07) is 4.64. The van der Waals surface area contributed by atoms with Gasteiger partial charge >= 0.3 is 0 Å². The van der Waals surface area contributed by atoms with Crippen LogP contribution in [0.15, 0.2) is 18.2 Å². The number of rotatable bonds is 8. The average molecular weight is 298 g/mol. The lowest BCUT2D eigenvalue weighted by atomic mass is 10.2. The maximum absolute atomic E-state index is 13.5. The van der Waals surface area contributed by atoms with Gasteiger partial charge in [-0.1, -0.05) is 0 Å². The van der Waals surface area contributed by atoms with Crippen LogP contribution >= 0.6 is 0 Å². The van der Waals surface area contributed by atoms with Crippen LogP contribution in [0.1, 0.15) is 0 Å². The van der Waals surface area contributed by atoms with Gasteiger partial charge in [0.2, 0.25) is 0 Å². The van der Waals surface area contributed by atoms with Gasteiger partial charge in [0.15, 0.2) is 0 Å². The Morgan fingerprint density at radius 1 is 1.14 bits per heavy atom. The highest BCUT2D eigenvalue weighted by Gasteiger charge is 2.16. The van der Waals surface area contributed by atoms with Crippen LogP contribution in [0.2, 0.25) is 0 Å². The fraction of sp³-hybridized carbons (Fsp3) is 0.600. The van der Waals surface area contributed by atoms with Crippen molar-refractivity contribution < 1.29 is 18.6 Å². The normalized spacial score (nSPS) is 15.2. The number of anilines is 1. The molecule has 0 unspecified atom stereocenters. The van der Waals surface area contributed by atoms with Crippen LogP contribution in [-0.4, -0.2) is 59.7 Å². The van der Waals surface area contributed by atoms with Crippen molar-refractivity contribution in [3.63, 3.8) is 0 Å². The van der Waals surface area contributed by atoms with Crippen LogP contribution in [-0.2, 0) is 9.47 Å². The number of methoxy groups -OCH3 is 1. The predicted octanol–water partition coefficient (Wildman–Crippen LogP) is 1.28. The zero-order chi connectivity index (χ0) is 14.9. The Morgan fingerprint density at radius 2 is 1.90 bits per heavy atom. The quantitative estimate of drug-likeness (QED) is 0.732. The lowest BCUT2D eigenvalue weighted by molar-refractivity contribution is 0.0545. The number of ether oxygens (including phenoxy) is 3. The molecule has 0 radical (unpaired) electrons. The zero-order valence-corrected chi connectivity index (χ0v) is 12.4. The molecule has 5 nitrogen and oxygen atoms in total. The molecule has 0 bridgehead atoms. The Labute approximate surface area is 125 Å². The Morgan fingerprint density at radius 3 is 2.67 bits per heavy atom. The smallest absolute Gasteiger partial charge is 0.142 e. The van der Waals surface area contributed by atoms with Crippen molar-refractivity contribution >= 4 is 5.69 Å². The summed E-state index contributed by atoms with van der Waals surface area (Å²) in [5.74, 6) is 0.459. The van der Waals surface area contributed by atoms with Crippen molar-refractivity contribution in [3.8, 4) is 5.75 Å². The molecule has 0 amide bonds. The molecule has 0 aromatic heterocycles. The number of hydrogen-bond acceptors (Lipinski definition) is 5. The first-order valence-electron chi connectivity index (χ1n) is 7.26. The molecule has 21 heavy (non-hydrogen) atoms. The second-order valence-corrected chi connectivity index (χ2v) is 4.80. The van der Waals surface area contributed by atoms with E-state index in [2.05, 4.69) is 10.2 Å². The molecular formula is C15H23FN2O3. The molecule has 6 heteroatoms. The second-order valence-electron chi connectivity index (χ2n) is 4.80. The highest BCUT2D eigenvalue weighted by Crippen LogP contribution is 2.29. The van der Waals surface area contributed by atoms with E-state index in [1.807, 2.05) is 0 Å². The summed E-state index contributed by atoms with van der Waals surface area (Å²) in [6.07, 6.45) is 0. The van der Waals surface area contributed by atoms with Gasteiger partial charge in [-0.3, -0.25) is 0 Å². The maximum Gasteiger partial charge on any atom is 0.142 e. The molecule has 1 fully saturated rings. The molecule has 2 rings (SSSR count). The minimum Gasteiger partial charge on any atom is -0.489 e. The number of benzene rings is 1. The van der Waals surface area contributed by atoms with Gasteiger partial charge in [-0.05, 0) is 12.1 Å². The lowest BCUT2D eigenvalue weighted by Gasteiger charge is -2.30. The third-order valence-electron chi connectivity index (χ3n) is 3.30. The van der Waals surface area contributed by atoms with Crippen LogP contribution in [0, 0.1) is 5.82 Å². The Hall–Kier alpha value is -1.37. The van der Waals surface area contributed by atoms with Crippen molar-refractivity contribution in [1.82, 2.24) is 5.32 Å². The molecule has 0 atom stereocenters. The number of nitrogens with one attached hydrogen (secondary N) is 1. The Balaban J connectivity index is 1.88.